The van der Waals surface area contributed by atoms with Gasteiger partial charge in [0.15, 0.2) is 6.10 Å². The van der Waals surface area contributed by atoms with Crippen molar-refractivity contribution >= 4 is 33.9 Å². The number of anilines is 1. The largest absolute Gasteiger partial charge is 0.479 e. The lowest BCUT2D eigenvalue weighted by atomic mass is 10.0. The van der Waals surface area contributed by atoms with Gasteiger partial charge in [-0.05, 0) is 24.5 Å². The third-order valence-corrected chi connectivity index (χ3v) is 4.49. The first-order valence-corrected chi connectivity index (χ1v) is 9.43. The smallest absolute Gasteiger partial charge is 0.401 e. The normalized spacial score (nSPS) is 22.2. The molecular weight excluding hydrogens is 380 g/mol. The fourth-order valence-electron chi connectivity index (χ4n) is 2.44. The molecule has 10 nitrogen and oxygen atoms in total. The highest BCUT2D eigenvalue weighted by molar-refractivity contribution is 7.82. The summed E-state index contributed by atoms with van der Waals surface area (Å²) in [5.74, 6) is -3.27. The molecule has 0 unspecified atom stereocenters. The summed E-state index contributed by atoms with van der Waals surface area (Å²) in [6.45, 7) is 3.66. The van der Waals surface area contributed by atoms with E-state index < -0.39 is 46.4 Å². The van der Waals surface area contributed by atoms with Gasteiger partial charge in [-0.1, -0.05) is 32.0 Å². The average Bonchev–Trinajstić information content (AvgIpc) is 2.91. The van der Waals surface area contributed by atoms with Crippen LogP contribution in [0.25, 0.3) is 0 Å². The van der Waals surface area contributed by atoms with E-state index in [-0.39, 0.29) is 12.3 Å². The summed E-state index contributed by atoms with van der Waals surface area (Å²) < 4.78 is 31.3. The lowest BCUT2D eigenvalue weighted by Crippen LogP contribution is -2.51. The summed E-state index contributed by atoms with van der Waals surface area (Å²) in [7, 11) is -4.60. The van der Waals surface area contributed by atoms with E-state index in [9.17, 15) is 22.8 Å². The molecule has 3 atom stereocenters. The SMILES string of the molecule is CC(C)C[C@H](NC(=O)[C@H]1OS(=O)(=O)O[C@@H]1C(=O)O)C(=O)Nc1ccccc1. The number of nitrogens with one attached hydrogen (secondary N) is 2. The first-order chi connectivity index (χ1) is 12.6. The Kier molecular flexibility index (Phi) is 6.52. The van der Waals surface area contributed by atoms with Crippen molar-refractivity contribution in [3.63, 3.8) is 0 Å². The topological polar surface area (TPSA) is 148 Å². The van der Waals surface area contributed by atoms with E-state index in [1.807, 2.05) is 13.8 Å². The van der Waals surface area contributed by atoms with Crippen LogP contribution in [0.1, 0.15) is 20.3 Å². The zero-order valence-corrected chi connectivity index (χ0v) is 15.4. The molecule has 11 heteroatoms. The highest BCUT2D eigenvalue weighted by Gasteiger charge is 2.49. The van der Waals surface area contributed by atoms with Gasteiger partial charge in [-0.2, -0.15) is 8.42 Å². The molecule has 1 aliphatic rings. The van der Waals surface area contributed by atoms with Crippen molar-refractivity contribution in [1.29, 1.82) is 0 Å². The van der Waals surface area contributed by atoms with Crippen molar-refractivity contribution in [3.05, 3.63) is 30.3 Å². The molecule has 3 N–H and O–H groups in total. The predicted molar refractivity (Wildman–Crippen MR) is 92.8 cm³/mol. The van der Waals surface area contributed by atoms with E-state index in [0.29, 0.717) is 5.69 Å². The number of carbonyl (C=O) groups is 3. The van der Waals surface area contributed by atoms with E-state index in [1.54, 1.807) is 30.3 Å². The first kappa shape index (κ1) is 20.8. The molecule has 2 amide bonds. The van der Waals surface area contributed by atoms with Gasteiger partial charge >= 0.3 is 16.4 Å². The highest BCUT2D eigenvalue weighted by atomic mass is 32.3. The molecule has 0 aromatic heterocycles. The molecule has 0 saturated carbocycles. The van der Waals surface area contributed by atoms with Crippen LogP contribution in [0, 0.1) is 5.92 Å². The Hall–Kier alpha value is -2.50. The fraction of sp³-hybridized carbons (Fsp3) is 0.438. The molecule has 0 spiro atoms. The molecule has 1 heterocycles. The van der Waals surface area contributed by atoms with Gasteiger partial charge in [-0.25, -0.2) is 13.2 Å². The maximum atomic E-state index is 12.5. The van der Waals surface area contributed by atoms with Crippen LogP contribution in [-0.4, -0.2) is 49.6 Å². The third-order valence-electron chi connectivity index (χ3n) is 3.60. The van der Waals surface area contributed by atoms with E-state index in [0.717, 1.165) is 0 Å². The Bertz CT molecular complexity index is 809. The Morgan fingerprint density at radius 1 is 1.11 bits per heavy atom. The van der Waals surface area contributed by atoms with Crippen molar-refractivity contribution in [2.75, 3.05) is 5.32 Å². The predicted octanol–water partition coefficient (Wildman–Crippen LogP) is 0.269. The Morgan fingerprint density at radius 3 is 2.26 bits per heavy atom. The van der Waals surface area contributed by atoms with Gasteiger partial charge in [-0.3, -0.25) is 9.59 Å². The molecule has 2 rings (SSSR count). The minimum Gasteiger partial charge on any atom is -0.479 e. The van der Waals surface area contributed by atoms with Gasteiger partial charge in [0.25, 0.3) is 5.91 Å². The van der Waals surface area contributed by atoms with Crippen molar-refractivity contribution in [3.8, 4) is 0 Å². The summed E-state index contributed by atoms with van der Waals surface area (Å²) in [5.41, 5.74) is 0.511. The number of aliphatic carboxylic acids is 1. The van der Waals surface area contributed by atoms with E-state index in [1.165, 1.54) is 0 Å². The van der Waals surface area contributed by atoms with Gasteiger partial charge in [-0.15, -0.1) is 0 Å². The Morgan fingerprint density at radius 2 is 1.70 bits per heavy atom. The van der Waals surface area contributed by atoms with Gasteiger partial charge in [0.2, 0.25) is 12.0 Å². The molecule has 0 bridgehead atoms. The average molecular weight is 400 g/mol. The van der Waals surface area contributed by atoms with Crippen LogP contribution in [0.4, 0.5) is 5.69 Å². The maximum absolute atomic E-state index is 12.5. The fourth-order valence-corrected chi connectivity index (χ4v) is 3.36. The molecule has 1 saturated heterocycles. The zero-order chi connectivity index (χ0) is 20.2. The number of amides is 2. The number of hydrogen-bond donors (Lipinski definition) is 3. The molecular formula is C16H20N2O8S. The number of rotatable bonds is 7. The van der Waals surface area contributed by atoms with Crippen LogP contribution in [0.5, 0.6) is 0 Å². The van der Waals surface area contributed by atoms with Crippen LogP contribution >= 0.6 is 0 Å². The zero-order valence-electron chi connectivity index (χ0n) is 14.6. The monoisotopic (exact) mass is 400 g/mol. The molecule has 27 heavy (non-hydrogen) atoms. The van der Waals surface area contributed by atoms with Crippen LogP contribution < -0.4 is 10.6 Å². The van der Waals surface area contributed by atoms with Gasteiger partial charge in [0.1, 0.15) is 6.04 Å². The molecule has 1 aromatic rings. The summed E-state index contributed by atoms with van der Waals surface area (Å²) >= 11 is 0. The molecule has 1 fully saturated rings. The second-order valence-electron chi connectivity index (χ2n) is 6.33. The maximum Gasteiger partial charge on any atom is 0.401 e. The second kappa shape index (κ2) is 8.46. The molecule has 1 aromatic carbocycles. The van der Waals surface area contributed by atoms with Gasteiger partial charge in [0, 0.05) is 5.69 Å². The van der Waals surface area contributed by atoms with E-state index >= 15 is 0 Å². The lowest BCUT2D eigenvalue weighted by molar-refractivity contribution is -0.150. The number of carboxylic acid groups (broad SMARTS) is 1. The van der Waals surface area contributed by atoms with Crippen LogP contribution in [0.2, 0.25) is 0 Å². The lowest BCUT2D eigenvalue weighted by Gasteiger charge is -2.22. The first-order valence-electron chi connectivity index (χ1n) is 8.09. The summed E-state index contributed by atoms with van der Waals surface area (Å²) in [6, 6.07) is 7.50. The Balaban J connectivity index is 2.13. The number of hydrogen-bond acceptors (Lipinski definition) is 7. The minimum atomic E-state index is -4.60. The number of para-hydroxylation sites is 1. The molecule has 0 aliphatic carbocycles. The van der Waals surface area contributed by atoms with Gasteiger partial charge < -0.3 is 15.7 Å². The summed E-state index contributed by atoms with van der Waals surface area (Å²) in [5, 5.41) is 14.0. The second-order valence-corrected chi connectivity index (χ2v) is 7.53. The van der Waals surface area contributed by atoms with Crippen molar-refractivity contribution < 1.29 is 36.3 Å². The summed E-state index contributed by atoms with van der Waals surface area (Å²) in [6.07, 6.45) is -3.71. The van der Waals surface area contributed by atoms with Crippen molar-refractivity contribution in [1.82, 2.24) is 5.32 Å². The quantitative estimate of drug-likeness (QED) is 0.591. The number of benzene rings is 1. The standard InChI is InChI=1S/C16H20N2O8S/c1-9(2)8-11(14(19)17-10-6-4-3-5-7-10)18-15(20)12-13(16(21)22)26-27(23,24)25-12/h3-7,9,11-13H,8H2,1-2H3,(H,17,19)(H,18,20)(H,21,22)/t11-,12-,13-/m0/s1. The Labute approximate surface area is 156 Å². The molecule has 1 aliphatic heterocycles. The summed E-state index contributed by atoms with van der Waals surface area (Å²) in [4.78, 5) is 36.0. The van der Waals surface area contributed by atoms with Gasteiger partial charge in [0.05, 0.1) is 0 Å². The molecule has 148 valence electrons. The highest BCUT2D eigenvalue weighted by Crippen LogP contribution is 2.22. The van der Waals surface area contributed by atoms with Crippen LogP contribution in [0.15, 0.2) is 30.3 Å². The molecule has 0 radical (unpaired) electrons. The van der Waals surface area contributed by atoms with Crippen LogP contribution in [-0.2, 0) is 33.1 Å². The van der Waals surface area contributed by atoms with Crippen molar-refractivity contribution in [2.24, 2.45) is 5.92 Å². The van der Waals surface area contributed by atoms with E-state index in [4.69, 9.17) is 5.11 Å². The number of carboxylic acids is 1. The minimum absolute atomic E-state index is 0.0107. The van der Waals surface area contributed by atoms with Crippen LogP contribution in [0.3, 0.4) is 0 Å². The third kappa shape index (κ3) is 5.74. The van der Waals surface area contributed by atoms with E-state index in [2.05, 4.69) is 19.0 Å². The number of carbonyl (C=O) groups excluding carboxylic acids is 2. The van der Waals surface area contributed by atoms with Crippen molar-refractivity contribution in [2.45, 2.75) is 38.5 Å².